The molecular formula is C26H27NO3. The third-order valence-corrected chi connectivity index (χ3v) is 5.32. The van der Waals surface area contributed by atoms with Crippen LogP contribution < -0.4 is 10.1 Å². The number of amides is 1. The van der Waals surface area contributed by atoms with E-state index in [9.17, 15) is 9.59 Å². The number of carbonyl (C=O) groups excluding carboxylic acids is 2. The molecule has 3 aromatic rings. The van der Waals surface area contributed by atoms with Crippen molar-refractivity contribution in [1.29, 1.82) is 0 Å². The van der Waals surface area contributed by atoms with E-state index in [1.807, 2.05) is 42.5 Å². The first-order chi connectivity index (χ1) is 14.3. The first-order valence-electron chi connectivity index (χ1n) is 10.0. The molecule has 4 heteroatoms. The number of anilines is 1. The van der Waals surface area contributed by atoms with E-state index in [1.165, 1.54) is 12.5 Å². The normalized spacial score (nSPS) is 12.1. The molecule has 0 radical (unpaired) electrons. The Balaban J connectivity index is 1.68. The minimum atomic E-state index is -0.710. The predicted molar refractivity (Wildman–Crippen MR) is 120 cm³/mol. The molecule has 3 rings (SSSR count). The Morgan fingerprint density at radius 2 is 1.40 bits per heavy atom. The van der Waals surface area contributed by atoms with E-state index in [1.54, 1.807) is 31.2 Å². The van der Waals surface area contributed by atoms with E-state index in [4.69, 9.17) is 4.74 Å². The zero-order valence-electron chi connectivity index (χ0n) is 17.8. The summed E-state index contributed by atoms with van der Waals surface area (Å²) in [4.78, 5) is 24.3. The lowest BCUT2D eigenvalue weighted by Crippen LogP contribution is -2.30. The summed E-state index contributed by atoms with van der Waals surface area (Å²) in [5.41, 5.74) is 3.22. The maximum absolute atomic E-state index is 12.6. The second kappa shape index (κ2) is 8.95. The van der Waals surface area contributed by atoms with Crippen LogP contribution >= 0.6 is 0 Å². The second-order valence-electron chi connectivity index (χ2n) is 7.87. The predicted octanol–water partition coefficient (Wildman–Crippen LogP) is 5.62. The summed E-state index contributed by atoms with van der Waals surface area (Å²) in [7, 11) is 0. The van der Waals surface area contributed by atoms with Crippen LogP contribution in [0.3, 0.4) is 0 Å². The molecule has 0 aromatic heterocycles. The molecule has 1 amide bonds. The molecule has 0 saturated heterocycles. The van der Waals surface area contributed by atoms with Gasteiger partial charge in [0.25, 0.3) is 5.91 Å². The molecule has 1 atom stereocenters. The van der Waals surface area contributed by atoms with Gasteiger partial charge in [0.15, 0.2) is 11.9 Å². The fourth-order valence-corrected chi connectivity index (χ4v) is 3.36. The Morgan fingerprint density at radius 1 is 0.833 bits per heavy atom. The van der Waals surface area contributed by atoms with Gasteiger partial charge in [-0.3, -0.25) is 9.59 Å². The van der Waals surface area contributed by atoms with E-state index in [0.717, 1.165) is 5.56 Å². The number of hydrogen-bond acceptors (Lipinski definition) is 3. The molecular weight excluding hydrogens is 374 g/mol. The van der Waals surface area contributed by atoms with Crippen LogP contribution in [0, 0.1) is 0 Å². The van der Waals surface area contributed by atoms with Crippen molar-refractivity contribution < 1.29 is 14.3 Å². The number of ketones is 1. The smallest absolute Gasteiger partial charge is 0.265 e. The molecule has 4 nitrogen and oxygen atoms in total. The number of Topliss-reactive ketones (excluding diaryl/α,β-unsaturated/α-hetero) is 1. The summed E-state index contributed by atoms with van der Waals surface area (Å²) in [6.07, 6.45) is -0.710. The van der Waals surface area contributed by atoms with Crippen molar-refractivity contribution in [2.75, 3.05) is 5.32 Å². The van der Waals surface area contributed by atoms with Gasteiger partial charge in [-0.1, -0.05) is 68.4 Å². The quantitative estimate of drug-likeness (QED) is 0.523. The average Bonchev–Trinajstić information content (AvgIpc) is 2.75. The Hall–Kier alpha value is -3.40. The summed E-state index contributed by atoms with van der Waals surface area (Å²) < 4.78 is 5.83. The summed E-state index contributed by atoms with van der Waals surface area (Å²) in [6.45, 7) is 7.53. The molecule has 0 bridgehead atoms. The highest BCUT2D eigenvalue weighted by molar-refractivity contribution is 6.04. The third-order valence-electron chi connectivity index (χ3n) is 5.32. The highest BCUT2D eigenvalue weighted by Crippen LogP contribution is 2.32. The van der Waals surface area contributed by atoms with Crippen LogP contribution in [0.25, 0.3) is 0 Å². The Kier molecular flexibility index (Phi) is 6.36. The maximum Gasteiger partial charge on any atom is 0.265 e. The third kappa shape index (κ3) is 4.77. The lowest BCUT2D eigenvalue weighted by molar-refractivity contribution is -0.122. The van der Waals surface area contributed by atoms with Gasteiger partial charge in [0.1, 0.15) is 5.75 Å². The summed E-state index contributed by atoms with van der Waals surface area (Å²) >= 11 is 0. The van der Waals surface area contributed by atoms with Crippen molar-refractivity contribution in [3.8, 4) is 5.75 Å². The van der Waals surface area contributed by atoms with Crippen LogP contribution in [0.4, 0.5) is 5.69 Å². The molecule has 0 spiro atoms. The van der Waals surface area contributed by atoms with Crippen molar-refractivity contribution in [3.05, 3.63) is 95.6 Å². The van der Waals surface area contributed by atoms with E-state index in [-0.39, 0.29) is 17.1 Å². The standard InChI is InChI=1S/C26H27NO3/c1-18(28)23-12-8-9-13-24(23)27-25(29)19(2)30-22-16-14-21(15-17-22)26(3,4)20-10-6-5-7-11-20/h5-17,19H,1-4H3,(H,27,29). The number of benzene rings is 3. The molecule has 0 aliphatic rings. The van der Waals surface area contributed by atoms with Crippen LogP contribution in [0.2, 0.25) is 0 Å². The van der Waals surface area contributed by atoms with Gasteiger partial charge in [-0.05, 0) is 49.2 Å². The van der Waals surface area contributed by atoms with Gasteiger partial charge in [-0.2, -0.15) is 0 Å². The molecule has 154 valence electrons. The van der Waals surface area contributed by atoms with E-state index >= 15 is 0 Å². The Bertz CT molecular complexity index is 1020. The number of nitrogens with one attached hydrogen (secondary N) is 1. The van der Waals surface area contributed by atoms with Gasteiger partial charge in [-0.15, -0.1) is 0 Å². The molecule has 3 aromatic carbocycles. The van der Waals surface area contributed by atoms with Crippen molar-refractivity contribution in [2.45, 2.75) is 39.2 Å². The van der Waals surface area contributed by atoms with Crippen molar-refractivity contribution in [1.82, 2.24) is 0 Å². The van der Waals surface area contributed by atoms with Gasteiger partial charge >= 0.3 is 0 Å². The highest BCUT2D eigenvalue weighted by atomic mass is 16.5. The summed E-state index contributed by atoms with van der Waals surface area (Å²) in [6, 6.07) is 25.1. The molecule has 0 aliphatic heterocycles. The number of para-hydroxylation sites is 1. The first-order valence-corrected chi connectivity index (χ1v) is 10.0. The minimum Gasteiger partial charge on any atom is -0.481 e. The topological polar surface area (TPSA) is 55.4 Å². The largest absolute Gasteiger partial charge is 0.481 e. The minimum absolute atomic E-state index is 0.101. The number of rotatable bonds is 7. The Morgan fingerprint density at radius 3 is 2.03 bits per heavy atom. The number of ether oxygens (including phenoxy) is 1. The van der Waals surface area contributed by atoms with Gasteiger partial charge in [0.05, 0.1) is 5.69 Å². The second-order valence-corrected chi connectivity index (χ2v) is 7.87. The van der Waals surface area contributed by atoms with Crippen LogP contribution in [0.5, 0.6) is 5.75 Å². The van der Waals surface area contributed by atoms with E-state index in [0.29, 0.717) is 17.0 Å². The fourth-order valence-electron chi connectivity index (χ4n) is 3.36. The van der Waals surface area contributed by atoms with Crippen LogP contribution in [-0.2, 0) is 10.2 Å². The zero-order valence-corrected chi connectivity index (χ0v) is 17.8. The van der Waals surface area contributed by atoms with Gasteiger partial charge < -0.3 is 10.1 Å². The van der Waals surface area contributed by atoms with Crippen LogP contribution in [-0.4, -0.2) is 17.8 Å². The molecule has 0 saturated carbocycles. The van der Waals surface area contributed by atoms with Gasteiger partial charge in [0.2, 0.25) is 0 Å². The number of carbonyl (C=O) groups is 2. The summed E-state index contributed by atoms with van der Waals surface area (Å²) in [5, 5.41) is 2.78. The van der Waals surface area contributed by atoms with Crippen molar-refractivity contribution in [2.24, 2.45) is 0 Å². The monoisotopic (exact) mass is 401 g/mol. The first kappa shape index (κ1) is 21.3. The SMILES string of the molecule is CC(=O)c1ccccc1NC(=O)C(C)Oc1ccc(C(C)(C)c2ccccc2)cc1. The maximum atomic E-state index is 12.6. The van der Waals surface area contributed by atoms with Gasteiger partial charge in [-0.25, -0.2) is 0 Å². The molecule has 1 N–H and O–H groups in total. The molecule has 30 heavy (non-hydrogen) atoms. The van der Waals surface area contributed by atoms with Crippen LogP contribution in [0.15, 0.2) is 78.9 Å². The zero-order chi connectivity index (χ0) is 21.7. The highest BCUT2D eigenvalue weighted by Gasteiger charge is 2.23. The molecule has 0 heterocycles. The Labute approximate surface area is 177 Å². The lowest BCUT2D eigenvalue weighted by atomic mass is 9.78. The number of hydrogen-bond donors (Lipinski definition) is 1. The van der Waals surface area contributed by atoms with E-state index < -0.39 is 6.10 Å². The van der Waals surface area contributed by atoms with Crippen LogP contribution in [0.1, 0.15) is 49.2 Å². The molecule has 0 aliphatic carbocycles. The van der Waals surface area contributed by atoms with Crippen molar-refractivity contribution in [3.63, 3.8) is 0 Å². The van der Waals surface area contributed by atoms with Crippen molar-refractivity contribution >= 4 is 17.4 Å². The lowest BCUT2D eigenvalue weighted by Gasteiger charge is -2.26. The average molecular weight is 402 g/mol. The molecule has 1 unspecified atom stereocenters. The van der Waals surface area contributed by atoms with Gasteiger partial charge in [0, 0.05) is 11.0 Å². The molecule has 0 fully saturated rings. The fraction of sp³-hybridized carbons (Fsp3) is 0.231. The summed E-state index contributed by atoms with van der Waals surface area (Å²) in [5.74, 6) is 0.207. The van der Waals surface area contributed by atoms with E-state index in [2.05, 4.69) is 31.3 Å².